The number of benzene rings is 2. The number of ether oxygens (including phenoxy) is 1. The molecule has 1 fully saturated rings. The maximum absolute atomic E-state index is 13.3. The predicted octanol–water partition coefficient (Wildman–Crippen LogP) is 2.93. The first-order chi connectivity index (χ1) is 13.0. The van der Waals surface area contributed by atoms with Gasteiger partial charge in [-0.2, -0.15) is 0 Å². The van der Waals surface area contributed by atoms with Crippen LogP contribution in [0.15, 0.2) is 48.5 Å². The summed E-state index contributed by atoms with van der Waals surface area (Å²) in [7, 11) is 0. The zero-order valence-electron chi connectivity index (χ0n) is 14.9. The lowest BCUT2D eigenvalue weighted by Crippen LogP contribution is -2.45. The predicted molar refractivity (Wildman–Crippen MR) is 98.2 cm³/mol. The molecule has 0 spiro atoms. The van der Waals surface area contributed by atoms with E-state index in [1.54, 1.807) is 24.3 Å². The number of aromatic carboxylic acids is 1. The second kappa shape index (κ2) is 8.31. The van der Waals surface area contributed by atoms with Crippen LogP contribution in [0.4, 0.5) is 4.39 Å². The molecule has 0 aromatic heterocycles. The van der Waals surface area contributed by atoms with E-state index < -0.39 is 5.97 Å². The van der Waals surface area contributed by atoms with Crippen LogP contribution in [0, 0.1) is 5.82 Å². The third-order valence-corrected chi connectivity index (χ3v) is 5.07. The summed E-state index contributed by atoms with van der Waals surface area (Å²) in [5.74, 6) is -1.48. The minimum absolute atomic E-state index is 0.108. The van der Waals surface area contributed by atoms with Gasteiger partial charge in [0.2, 0.25) is 5.91 Å². The summed E-state index contributed by atoms with van der Waals surface area (Å²) in [6.45, 7) is 1.61. The van der Waals surface area contributed by atoms with Crippen LogP contribution in [0.2, 0.25) is 0 Å². The SMILES string of the molecule is O=C(Cc1cccc(C(=O)O)c1)NCC1(c2ccc(F)cc2)CCOCC1. The third-order valence-electron chi connectivity index (χ3n) is 5.07. The molecule has 5 nitrogen and oxygen atoms in total. The molecule has 0 atom stereocenters. The van der Waals surface area contributed by atoms with Gasteiger partial charge in [0.1, 0.15) is 5.82 Å². The summed E-state index contributed by atoms with van der Waals surface area (Å²) < 4.78 is 18.8. The molecule has 3 rings (SSSR count). The third kappa shape index (κ3) is 4.71. The van der Waals surface area contributed by atoms with Crippen LogP contribution in [0.25, 0.3) is 0 Å². The lowest BCUT2D eigenvalue weighted by molar-refractivity contribution is -0.121. The van der Waals surface area contributed by atoms with Crippen LogP contribution in [0.5, 0.6) is 0 Å². The Bertz CT molecular complexity index is 813. The van der Waals surface area contributed by atoms with Gasteiger partial charge in [-0.05, 0) is 48.2 Å². The van der Waals surface area contributed by atoms with Gasteiger partial charge >= 0.3 is 5.97 Å². The average Bonchev–Trinajstić information content (AvgIpc) is 2.68. The van der Waals surface area contributed by atoms with E-state index in [1.165, 1.54) is 24.3 Å². The van der Waals surface area contributed by atoms with E-state index in [9.17, 15) is 14.0 Å². The summed E-state index contributed by atoms with van der Waals surface area (Å²) in [6.07, 6.45) is 1.60. The van der Waals surface area contributed by atoms with Crippen molar-refractivity contribution in [3.05, 3.63) is 71.0 Å². The van der Waals surface area contributed by atoms with E-state index in [0.717, 1.165) is 18.4 Å². The number of carboxylic acid groups (broad SMARTS) is 1. The molecule has 2 N–H and O–H groups in total. The first kappa shape index (κ1) is 19.0. The van der Waals surface area contributed by atoms with Crippen molar-refractivity contribution in [3.8, 4) is 0 Å². The van der Waals surface area contributed by atoms with Crippen molar-refractivity contribution in [2.75, 3.05) is 19.8 Å². The highest BCUT2D eigenvalue weighted by Crippen LogP contribution is 2.34. The Morgan fingerprint density at radius 1 is 1.11 bits per heavy atom. The number of amides is 1. The molecule has 6 heteroatoms. The van der Waals surface area contributed by atoms with E-state index in [1.807, 2.05) is 0 Å². The fourth-order valence-electron chi connectivity index (χ4n) is 3.46. The fourth-order valence-corrected chi connectivity index (χ4v) is 3.46. The van der Waals surface area contributed by atoms with Crippen molar-refractivity contribution < 1.29 is 23.8 Å². The van der Waals surface area contributed by atoms with Gasteiger partial charge in [-0.25, -0.2) is 9.18 Å². The zero-order valence-corrected chi connectivity index (χ0v) is 14.9. The molecule has 1 amide bonds. The van der Waals surface area contributed by atoms with Gasteiger partial charge in [0, 0.05) is 25.2 Å². The lowest BCUT2D eigenvalue weighted by Gasteiger charge is -2.38. The molecule has 0 aliphatic carbocycles. The lowest BCUT2D eigenvalue weighted by atomic mass is 9.74. The highest BCUT2D eigenvalue weighted by molar-refractivity contribution is 5.88. The smallest absolute Gasteiger partial charge is 0.335 e. The summed E-state index contributed by atoms with van der Waals surface area (Å²) in [5.41, 5.74) is 1.51. The summed E-state index contributed by atoms with van der Waals surface area (Å²) in [4.78, 5) is 23.5. The topological polar surface area (TPSA) is 75.6 Å². The van der Waals surface area contributed by atoms with E-state index in [-0.39, 0.29) is 29.1 Å². The molecule has 0 unspecified atom stereocenters. The normalized spacial score (nSPS) is 15.9. The van der Waals surface area contributed by atoms with Crippen molar-refractivity contribution in [2.45, 2.75) is 24.7 Å². The number of rotatable bonds is 6. The van der Waals surface area contributed by atoms with Gasteiger partial charge in [0.25, 0.3) is 0 Å². The van der Waals surface area contributed by atoms with Gasteiger partial charge in [-0.3, -0.25) is 4.79 Å². The minimum atomic E-state index is -1.02. The van der Waals surface area contributed by atoms with Gasteiger partial charge in [-0.1, -0.05) is 24.3 Å². The molecule has 1 heterocycles. The van der Waals surface area contributed by atoms with Gasteiger partial charge in [-0.15, -0.1) is 0 Å². The highest BCUT2D eigenvalue weighted by Gasteiger charge is 2.34. The van der Waals surface area contributed by atoms with Crippen LogP contribution >= 0.6 is 0 Å². The summed E-state index contributed by atoms with van der Waals surface area (Å²) in [5, 5.41) is 12.0. The van der Waals surface area contributed by atoms with Gasteiger partial charge in [0.05, 0.1) is 12.0 Å². The van der Waals surface area contributed by atoms with Crippen LogP contribution in [-0.4, -0.2) is 36.7 Å². The second-order valence-corrected chi connectivity index (χ2v) is 6.86. The Morgan fingerprint density at radius 3 is 2.48 bits per heavy atom. The Labute approximate surface area is 157 Å². The molecular weight excluding hydrogens is 349 g/mol. The fraction of sp³-hybridized carbons (Fsp3) is 0.333. The van der Waals surface area contributed by atoms with Gasteiger partial charge in [0.15, 0.2) is 0 Å². The van der Waals surface area contributed by atoms with Crippen LogP contribution < -0.4 is 5.32 Å². The standard InChI is InChI=1S/C21H22FNO4/c22-18-6-4-17(5-7-18)21(8-10-27-11-9-21)14-23-19(24)13-15-2-1-3-16(12-15)20(25)26/h1-7,12H,8-11,13-14H2,(H,23,24)(H,25,26). The number of carbonyl (C=O) groups is 2. The number of carbonyl (C=O) groups excluding carboxylic acids is 1. The van der Waals surface area contributed by atoms with E-state index in [4.69, 9.17) is 9.84 Å². The molecule has 0 saturated carbocycles. The largest absolute Gasteiger partial charge is 0.478 e. The van der Waals surface area contributed by atoms with E-state index in [2.05, 4.69) is 5.32 Å². The van der Waals surface area contributed by atoms with Crippen LogP contribution in [0.3, 0.4) is 0 Å². The molecule has 0 radical (unpaired) electrons. The average molecular weight is 371 g/mol. The zero-order chi connectivity index (χ0) is 19.3. The second-order valence-electron chi connectivity index (χ2n) is 6.86. The van der Waals surface area contributed by atoms with Crippen LogP contribution in [0.1, 0.15) is 34.3 Å². The van der Waals surface area contributed by atoms with Gasteiger partial charge < -0.3 is 15.2 Å². The molecule has 2 aromatic carbocycles. The first-order valence-corrected chi connectivity index (χ1v) is 8.91. The summed E-state index contributed by atoms with van der Waals surface area (Å²) >= 11 is 0. The Morgan fingerprint density at radius 2 is 1.81 bits per heavy atom. The molecule has 142 valence electrons. The molecule has 0 bridgehead atoms. The summed E-state index contributed by atoms with van der Waals surface area (Å²) in [6, 6.07) is 12.8. The minimum Gasteiger partial charge on any atom is -0.478 e. The quantitative estimate of drug-likeness (QED) is 0.819. The van der Waals surface area contributed by atoms with E-state index in [0.29, 0.717) is 25.3 Å². The Balaban J connectivity index is 1.68. The maximum Gasteiger partial charge on any atom is 0.335 e. The molecule has 1 saturated heterocycles. The van der Waals surface area contributed by atoms with Crippen molar-refractivity contribution >= 4 is 11.9 Å². The molecule has 2 aromatic rings. The maximum atomic E-state index is 13.3. The number of hydrogen-bond donors (Lipinski definition) is 2. The van der Waals surface area contributed by atoms with Crippen molar-refractivity contribution in [2.24, 2.45) is 0 Å². The van der Waals surface area contributed by atoms with Crippen molar-refractivity contribution in [3.63, 3.8) is 0 Å². The molecular formula is C21H22FNO4. The van der Waals surface area contributed by atoms with Crippen molar-refractivity contribution in [1.82, 2.24) is 5.32 Å². The number of carboxylic acids is 1. The Hall–Kier alpha value is -2.73. The monoisotopic (exact) mass is 371 g/mol. The molecule has 1 aliphatic heterocycles. The number of nitrogens with one attached hydrogen (secondary N) is 1. The van der Waals surface area contributed by atoms with Crippen molar-refractivity contribution in [1.29, 1.82) is 0 Å². The highest BCUT2D eigenvalue weighted by atomic mass is 19.1. The number of halogens is 1. The Kier molecular flexibility index (Phi) is 5.86. The molecule has 1 aliphatic rings. The van der Waals surface area contributed by atoms with E-state index >= 15 is 0 Å². The van der Waals surface area contributed by atoms with Crippen LogP contribution in [-0.2, 0) is 21.4 Å². The molecule has 27 heavy (non-hydrogen) atoms. The first-order valence-electron chi connectivity index (χ1n) is 8.91. The number of hydrogen-bond acceptors (Lipinski definition) is 3.